The normalized spacial score (nSPS) is 13.6. The van der Waals surface area contributed by atoms with E-state index in [1.165, 1.54) is 30.3 Å². The molecule has 0 aromatic heterocycles. The van der Waals surface area contributed by atoms with E-state index in [-0.39, 0.29) is 0 Å². The van der Waals surface area contributed by atoms with Gasteiger partial charge >= 0.3 is 0 Å². The summed E-state index contributed by atoms with van der Waals surface area (Å²) >= 11 is 0. The number of amides is 1. The minimum Gasteiger partial charge on any atom is -0.385 e. The molecule has 0 fully saturated rings. The second-order valence-corrected chi connectivity index (χ2v) is 3.11. The summed E-state index contributed by atoms with van der Waals surface area (Å²) in [7, 11) is 0. The molecule has 1 aromatic carbocycles. The molecule has 0 bridgehead atoms. The maximum atomic E-state index is 11.1. The van der Waals surface area contributed by atoms with Crippen LogP contribution in [0.5, 0.6) is 0 Å². The zero-order chi connectivity index (χ0) is 12.1. The van der Waals surface area contributed by atoms with E-state index < -0.39 is 18.1 Å². The average molecular weight is 221 g/mol. The zero-order valence-electron chi connectivity index (χ0n) is 8.29. The Morgan fingerprint density at radius 2 is 1.94 bits per heavy atom. The van der Waals surface area contributed by atoms with Gasteiger partial charge in [0.15, 0.2) is 6.10 Å². The number of nitrogens with one attached hydrogen (secondary N) is 1. The fourth-order valence-electron chi connectivity index (χ4n) is 1.17. The van der Waals surface area contributed by atoms with Gasteiger partial charge in [-0.25, -0.2) is 5.84 Å². The third kappa shape index (κ3) is 2.55. The Morgan fingerprint density at radius 1 is 1.38 bits per heavy atom. The molecule has 0 aliphatic heterocycles. The fourth-order valence-corrected chi connectivity index (χ4v) is 1.17. The first-order valence-corrected chi connectivity index (χ1v) is 4.46. The summed E-state index contributed by atoms with van der Waals surface area (Å²) in [5.41, 5.74) is 2.63. The van der Waals surface area contributed by atoms with Crippen molar-refractivity contribution in [2.24, 2.45) is 5.84 Å². The molecule has 0 spiro atoms. The lowest BCUT2D eigenvalue weighted by Crippen LogP contribution is -2.29. The van der Waals surface area contributed by atoms with Crippen LogP contribution < -0.4 is 11.3 Å². The van der Waals surface area contributed by atoms with Crippen LogP contribution in [0.1, 0.15) is 22.0 Å². The lowest BCUT2D eigenvalue weighted by molar-refractivity contribution is 0.0528. The Hall–Kier alpha value is -1.94. The predicted molar refractivity (Wildman–Crippen MR) is 54.7 cm³/mol. The first-order chi connectivity index (χ1) is 7.60. The van der Waals surface area contributed by atoms with Crippen LogP contribution in [0.2, 0.25) is 0 Å². The molecule has 1 rings (SSSR count). The molecule has 2 atom stereocenters. The van der Waals surface area contributed by atoms with Crippen molar-refractivity contribution in [1.29, 1.82) is 5.26 Å². The topological polar surface area (TPSA) is 119 Å². The van der Waals surface area contributed by atoms with E-state index in [9.17, 15) is 9.90 Å². The second kappa shape index (κ2) is 5.23. The van der Waals surface area contributed by atoms with Crippen molar-refractivity contribution in [3.05, 3.63) is 35.4 Å². The Balaban J connectivity index is 2.87. The number of nitrogens with two attached hydrogens (primary N) is 1. The van der Waals surface area contributed by atoms with Crippen molar-refractivity contribution in [3.8, 4) is 6.07 Å². The summed E-state index contributed by atoms with van der Waals surface area (Å²) in [6.45, 7) is 0. The quantitative estimate of drug-likeness (QED) is 0.231. The molecule has 6 heteroatoms. The maximum Gasteiger partial charge on any atom is 0.265 e. The Labute approximate surface area is 91.9 Å². The summed E-state index contributed by atoms with van der Waals surface area (Å²) in [5.74, 6) is 4.48. The van der Waals surface area contributed by atoms with Crippen LogP contribution in [-0.4, -0.2) is 22.2 Å². The van der Waals surface area contributed by atoms with Crippen LogP contribution in [-0.2, 0) is 0 Å². The molecule has 1 aromatic rings. The number of hydrazine groups is 1. The first kappa shape index (κ1) is 12.1. The van der Waals surface area contributed by atoms with Gasteiger partial charge in [0.25, 0.3) is 5.91 Å². The van der Waals surface area contributed by atoms with Gasteiger partial charge in [-0.15, -0.1) is 0 Å². The average Bonchev–Trinajstić information content (AvgIpc) is 2.36. The number of hydrogen-bond acceptors (Lipinski definition) is 5. The van der Waals surface area contributed by atoms with E-state index in [0.717, 1.165) is 0 Å². The number of nitrogens with zero attached hydrogens (tertiary/aromatic N) is 1. The van der Waals surface area contributed by atoms with Crippen molar-refractivity contribution in [1.82, 2.24) is 5.43 Å². The largest absolute Gasteiger partial charge is 0.385 e. The molecular formula is C10H11N3O3. The van der Waals surface area contributed by atoms with Gasteiger partial charge in [-0.1, -0.05) is 12.1 Å². The van der Waals surface area contributed by atoms with Crippen molar-refractivity contribution < 1.29 is 15.0 Å². The number of hydrogen-bond donors (Lipinski definition) is 4. The van der Waals surface area contributed by atoms with Crippen LogP contribution in [0.3, 0.4) is 0 Å². The number of nitriles is 1. The minimum absolute atomic E-state index is 0.324. The highest BCUT2D eigenvalue weighted by Gasteiger charge is 2.17. The van der Waals surface area contributed by atoms with E-state index in [0.29, 0.717) is 11.1 Å². The molecule has 16 heavy (non-hydrogen) atoms. The number of carbonyl (C=O) groups is 1. The van der Waals surface area contributed by atoms with Gasteiger partial charge in [0, 0.05) is 5.56 Å². The summed E-state index contributed by atoms with van der Waals surface area (Å²) in [6.07, 6.45) is -2.78. The highest BCUT2D eigenvalue weighted by atomic mass is 16.3. The van der Waals surface area contributed by atoms with Crippen molar-refractivity contribution in [2.75, 3.05) is 0 Å². The van der Waals surface area contributed by atoms with Crippen LogP contribution >= 0.6 is 0 Å². The molecule has 0 radical (unpaired) electrons. The molecule has 84 valence electrons. The number of rotatable bonds is 3. The van der Waals surface area contributed by atoms with E-state index in [4.69, 9.17) is 16.2 Å². The van der Waals surface area contributed by atoms with Gasteiger partial charge in [-0.05, 0) is 17.7 Å². The second-order valence-electron chi connectivity index (χ2n) is 3.11. The predicted octanol–water partition coefficient (Wildman–Crippen LogP) is -0.792. The highest BCUT2D eigenvalue weighted by molar-refractivity contribution is 5.93. The zero-order valence-corrected chi connectivity index (χ0v) is 8.29. The van der Waals surface area contributed by atoms with Crippen LogP contribution in [0.25, 0.3) is 0 Å². The van der Waals surface area contributed by atoms with E-state index in [1.807, 2.05) is 5.43 Å². The number of nitrogen functional groups attached to an aromatic ring is 1. The van der Waals surface area contributed by atoms with Gasteiger partial charge in [-0.3, -0.25) is 10.2 Å². The molecule has 1 amide bonds. The molecular weight excluding hydrogens is 210 g/mol. The standard InChI is InChI=1S/C10H11N3O3/c11-5-8(14)9(15)6-1-3-7(4-2-6)10(16)13-12/h1-4,8-9,14-15H,12H2,(H,13,16). The molecule has 2 unspecified atom stereocenters. The molecule has 0 saturated carbocycles. The fraction of sp³-hybridized carbons (Fsp3) is 0.200. The molecule has 5 N–H and O–H groups in total. The lowest BCUT2D eigenvalue weighted by Gasteiger charge is -2.12. The third-order valence-electron chi connectivity index (χ3n) is 2.08. The molecule has 6 nitrogen and oxygen atoms in total. The smallest absolute Gasteiger partial charge is 0.265 e. The first-order valence-electron chi connectivity index (χ1n) is 4.46. The van der Waals surface area contributed by atoms with Crippen molar-refractivity contribution >= 4 is 5.91 Å². The van der Waals surface area contributed by atoms with Gasteiger partial charge in [0.1, 0.15) is 6.10 Å². The molecule has 0 aliphatic rings. The molecule has 0 aliphatic carbocycles. The summed E-state index contributed by atoms with van der Waals surface area (Å²) in [6, 6.07) is 7.27. The third-order valence-corrected chi connectivity index (χ3v) is 2.08. The van der Waals surface area contributed by atoms with Crippen LogP contribution in [0.4, 0.5) is 0 Å². The van der Waals surface area contributed by atoms with Gasteiger partial charge in [0.2, 0.25) is 0 Å². The van der Waals surface area contributed by atoms with Crippen molar-refractivity contribution in [3.63, 3.8) is 0 Å². The Kier molecular flexibility index (Phi) is 3.96. The van der Waals surface area contributed by atoms with E-state index >= 15 is 0 Å². The maximum absolute atomic E-state index is 11.1. The minimum atomic E-state index is -1.49. The Bertz CT molecular complexity index is 410. The number of aliphatic hydroxyl groups excluding tert-OH is 2. The lowest BCUT2D eigenvalue weighted by atomic mass is 10.0. The van der Waals surface area contributed by atoms with Crippen LogP contribution in [0.15, 0.2) is 24.3 Å². The SMILES string of the molecule is N#CC(O)C(O)c1ccc(C(=O)NN)cc1. The summed E-state index contributed by atoms with van der Waals surface area (Å²) in [5, 5.41) is 27.0. The van der Waals surface area contributed by atoms with E-state index in [2.05, 4.69) is 0 Å². The number of aliphatic hydroxyl groups is 2. The van der Waals surface area contributed by atoms with Gasteiger partial charge in [0.05, 0.1) is 6.07 Å². The molecule has 0 heterocycles. The number of carbonyl (C=O) groups excluding carboxylic acids is 1. The Morgan fingerprint density at radius 3 is 2.38 bits per heavy atom. The van der Waals surface area contributed by atoms with Gasteiger partial charge < -0.3 is 10.2 Å². The van der Waals surface area contributed by atoms with Gasteiger partial charge in [-0.2, -0.15) is 5.26 Å². The highest BCUT2D eigenvalue weighted by Crippen LogP contribution is 2.17. The van der Waals surface area contributed by atoms with Crippen LogP contribution in [0, 0.1) is 11.3 Å². The number of benzene rings is 1. The van der Waals surface area contributed by atoms with E-state index in [1.54, 1.807) is 0 Å². The molecule has 0 saturated heterocycles. The van der Waals surface area contributed by atoms with Crippen molar-refractivity contribution in [2.45, 2.75) is 12.2 Å². The monoisotopic (exact) mass is 221 g/mol. The summed E-state index contributed by atoms with van der Waals surface area (Å²) < 4.78 is 0. The summed E-state index contributed by atoms with van der Waals surface area (Å²) in [4.78, 5) is 11.1.